The molecule has 0 saturated heterocycles. The molecular weight excluding hydrogens is 881 g/mol. The summed E-state index contributed by atoms with van der Waals surface area (Å²) in [6.07, 6.45) is 0. The molecule has 342 valence electrons. The van der Waals surface area contributed by atoms with Gasteiger partial charge in [-0.3, -0.25) is 0 Å². The van der Waals surface area contributed by atoms with E-state index in [0.717, 1.165) is 0 Å². The van der Waals surface area contributed by atoms with E-state index in [1.807, 2.05) is 22.7 Å². The van der Waals surface area contributed by atoms with Crippen LogP contribution in [0.2, 0.25) is 0 Å². The van der Waals surface area contributed by atoms with Crippen molar-refractivity contribution in [2.24, 2.45) is 0 Å². The third-order valence-corrected chi connectivity index (χ3v) is 17.8. The number of benzene rings is 10. The first kappa shape index (κ1) is 44.4. The number of thiophene rings is 2. The summed E-state index contributed by atoms with van der Waals surface area (Å²) in [5.41, 5.74) is 19.9. The molecule has 0 nitrogen and oxygen atoms in total. The number of aryl methyl sites for hydroxylation is 4. The molecule has 0 fully saturated rings. The largest absolute Gasteiger partial charge is 0.139 e. The van der Waals surface area contributed by atoms with Crippen LogP contribution in [0.25, 0.3) is 119 Å². The summed E-state index contributed by atoms with van der Waals surface area (Å²) in [5, 5.41) is 10.6. The zero-order valence-corrected chi connectivity index (χ0v) is 43.6. The Kier molecular flexibility index (Phi) is 10.4. The van der Waals surface area contributed by atoms with Crippen LogP contribution in [-0.4, -0.2) is 0 Å². The molecule has 0 radical (unpaired) electrons. The SMILES string of the molecule is Cc1ccc(-c2cc(-c3ccc(C)cc3)cc(-c3cc4c5sc(C(C)(C)C)cc5cc5c(-c6cc(-c7ccc(C)cc7)cc(-c7ccc(C)cc7)c6)cc6c7sc(C(C)(C)C)cc7cc3c6c54)c2)cc1. The molecule has 12 rings (SSSR count). The van der Waals surface area contributed by atoms with Crippen molar-refractivity contribution in [3.05, 3.63) is 202 Å². The van der Waals surface area contributed by atoms with Crippen LogP contribution in [0.15, 0.2) is 170 Å². The normalized spacial score (nSPS) is 12.4. The molecule has 0 aliphatic carbocycles. The average Bonchev–Trinajstić information content (AvgIpc) is 4.00. The number of fused-ring (bicyclic) bond motifs is 4. The van der Waals surface area contributed by atoms with Crippen LogP contribution >= 0.6 is 22.7 Å². The zero-order chi connectivity index (χ0) is 48.4. The van der Waals surface area contributed by atoms with Crippen LogP contribution < -0.4 is 0 Å². The molecule has 0 saturated carbocycles. The highest BCUT2D eigenvalue weighted by Gasteiger charge is 2.26. The van der Waals surface area contributed by atoms with Crippen LogP contribution in [0.1, 0.15) is 73.6 Å². The van der Waals surface area contributed by atoms with E-state index < -0.39 is 0 Å². The molecule has 0 spiro atoms. The van der Waals surface area contributed by atoms with E-state index in [1.54, 1.807) is 0 Å². The quantitative estimate of drug-likeness (QED) is 0.146. The van der Waals surface area contributed by atoms with E-state index in [-0.39, 0.29) is 10.8 Å². The van der Waals surface area contributed by atoms with Gasteiger partial charge in [0, 0.05) is 29.9 Å². The maximum Gasteiger partial charge on any atom is 0.0425 e. The lowest BCUT2D eigenvalue weighted by molar-refractivity contribution is 0.604. The Balaban J connectivity index is 1.24. The fraction of sp³-hybridized carbons (Fsp3) is 0.176. The summed E-state index contributed by atoms with van der Waals surface area (Å²) < 4.78 is 2.73. The van der Waals surface area contributed by atoms with Crippen LogP contribution in [-0.2, 0) is 10.8 Å². The lowest BCUT2D eigenvalue weighted by Crippen LogP contribution is -2.07. The number of rotatable bonds is 6. The van der Waals surface area contributed by atoms with Crippen LogP contribution in [0.5, 0.6) is 0 Å². The third kappa shape index (κ3) is 7.74. The van der Waals surface area contributed by atoms with Gasteiger partial charge in [0.1, 0.15) is 0 Å². The van der Waals surface area contributed by atoms with Crippen molar-refractivity contribution >= 4 is 75.2 Å². The van der Waals surface area contributed by atoms with Crippen molar-refractivity contribution in [1.29, 1.82) is 0 Å². The Labute approximate surface area is 421 Å². The molecule has 10 aromatic carbocycles. The van der Waals surface area contributed by atoms with Crippen LogP contribution in [0, 0.1) is 27.7 Å². The molecule has 0 bridgehead atoms. The van der Waals surface area contributed by atoms with Crippen molar-refractivity contribution in [2.45, 2.75) is 80.1 Å². The zero-order valence-electron chi connectivity index (χ0n) is 42.0. The minimum atomic E-state index is 0.00294. The fourth-order valence-corrected chi connectivity index (χ4v) is 13.0. The molecule has 12 aromatic rings. The molecular formula is C68H58S2. The van der Waals surface area contributed by atoms with Gasteiger partial charge >= 0.3 is 0 Å². The van der Waals surface area contributed by atoms with E-state index in [9.17, 15) is 0 Å². The Morgan fingerprint density at radius 2 is 0.543 bits per heavy atom. The van der Waals surface area contributed by atoms with Crippen molar-refractivity contribution in [3.63, 3.8) is 0 Å². The Morgan fingerprint density at radius 3 is 0.814 bits per heavy atom. The Bertz CT molecular complexity index is 3600. The molecule has 2 aromatic heterocycles. The first-order chi connectivity index (χ1) is 33.5. The van der Waals surface area contributed by atoms with Crippen molar-refractivity contribution in [1.82, 2.24) is 0 Å². The van der Waals surface area contributed by atoms with E-state index in [2.05, 4.69) is 239 Å². The second-order valence-electron chi connectivity index (χ2n) is 22.2. The van der Waals surface area contributed by atoms with Crippen molar-refractivity contribution in [2.75, 3.05) is 0 Å². The monoisotopic (exact) mass is 938 g/mol. The van der Waals surface area contributed by atoms with Gasteiger partial charge in [0.25, 0.3) is 0 Å². The lowest BCUT2D eigenvalue weighted by atomic mass is 9.83. The molecule has 0 aliphatic rings. The second kappa shape index (κ2) is 16.4. The Hall–Kier alpha value is -6.84. The molecule has 0 aliphatic heterocycles. The first-order valence-electron chi connectivity index (χ1n) is 24.8. The van der Waals surface area contributed by atoms with E-state index in [4.69, 9.17) is 0 Å². The molecule has 0 atom stereocenters. The van der Waals surface area contributed by atoms with E-state index in [1.165, 1.54) is 151 Å². The number of hydrogen-bond donors (Lipinski definition) is 0. The molecule has 2 heterocycles. The van der Waals surface area contributed by atoms with Crippen molar-refractivity contribution in [3.8, 4) is 66.8 Å². The van der Waals surface area contributed by atoms with Crippen molar-refractivity contribution < 1.29 is 0 Å². The number of hydrogen-bond acceptors (Lipinski definition) is 2. The summed E-state index contributed by atoms with van der Waals surface area (Å²) in [7, 11) is 0. The molecule has 0 amide bonds. The second-order valence-corrected chi connectivity index (χ2v) is 24.3. The fourth-order valence-electron chi connectivity index (χ4n) is 10.5. The highest BCUT2D eigenvalue weighted by atomic mass is 32.1. The van der Waals surface area contributed by atoms with Gasteiger partial charge in [-0.25, -0.2) is 0 Å². The Morgan fingerprint density at radius 1 is 0.271 bits per heavy atom. The summed E-state index contributed by atoms with van der Waals surface area (Å²) >= 11 is 3.96. The highest BCUT2D eigenvalue weighted by molar-refractivity contribution is 7.20. The van der Waals surface area contributed by atoms with Gasteiger partial charge in [-0.05, 0) is 210 Å². The topological polar surface area (TPSA) is 0 Å². The standard InChI is InChI=1S/C68H58S2/c1-39-11-19-43(20-12-39)47-27-48(44-21-13-40(2)14-22-44)30-51(29-47)55-37-59-64-58(34-54-36-62(68(8,9)10)69-65(54)59)56(38-60-63(64)57(55)33-53-35-61(67(5,6)7)70-66(53)60)52-31-49(45-23-15-41(3)16-24-45)28-50(32-52)46-25-17-42(4)18-26-46/h11-38H,1-10H3. The summed E-state index contributed by atoms with van der Waals surface area (Å²) in [5.74, 6) is 0. The van der Waals surface area contributed by atoms with E-state index in [0.29, 0.717) is 0 Å². The minimum absolute atomic E-state index is 0.00294. The van der Waals surface area contributed by atoms with Gasteiger partial charge in [0.2, 0.25) is 0 Å². The minimum Gasteiger partial charge on any atom is -0.139 e. The highest BCUT2D eigenvalue weighted by Crippen LogP contribution is 2.53. The van der Waals surface area contributed by atoms with Gasteiger partial charge in [-0.1, -0.05) is 161 Å². The van der Waals surface area contributed by atoms with Crippen LogP contribution in [0.4, 0.5) is 0 Å². The lowest BCUT2D eigenvalue weighted by Gasteiger charge is -2.21. The summed E-state index contributed by atoms with van der Waals surface area (Å²) in [4.78, 5) is 2.81. The third-order valence-electron chi connectivity index (χ3n) is 14.6. The first-order valence-corrected chi connectivity index (χ1v) is 26.4. The van der Waals surface area contributed by atoms with Crippen LogP contribution in [0.3, 0.4) is 0 Å². The van der Waals surface area contributed by atoms with Gasteiger partial charge in [0.15, 0.2) is 0 Å². The molecule has 0 N–H and O–H groups in total. The van der Waals surface area contributed by atoms with Gasteiger partial charge in [-0.2, -0.15) is 0 Å². The van der Waals surface area contributed by atoms with Gasteiger partial charge in [0.05, 0.1) is 0 Å². The molecule has 0 unspecified atom stereocenters. The predicted molar refractivity (Wildman–Crippen MR) is 310 cm³/mol. The van der Waals surface area contributed by atoms with Gasteiger partial charge in [-0.15, -0.1) is 22.7 Å². The average molecular weight is 939 g/mol. The summed E-state index contributed by atoms with van der Waals surface area (Å²) in [6.45, 7) is 22.8. The van der Waals surface area contributed by atoms with E-state index >= 15 is 0 Å². The summed E-state index contributed by atoms with van der Waals surface area (Å²) in [6, 6.07) is 66.0. The molecule has 2 heteroatoms. The maximum absolute atomic E-state index is 2.58. The predicted octanol–water partition coefficient (Wildman–Crippen LogP) is 20.8. The maximum atomic E-state index is 2.58. The molecule has 70 heavy (non-hydrogen) atoms. The smallest absolute Gasteiger partial charge is 0.0425 e. The van der Waals surface area contributed by atoms with Gasteiger partial charge < -0.3 is 0 Å².